The van der Waals surface area contributed by atoms with Crippen LogP contribution in [0.4, 0.5) is 0 Å². The fraction of sp³-hybridized carbons (Fsp3) is 0.593. The molecule has 35 heavy (non-hydrogen) atoms. The van der Waals surface area contributed by atoms with Gasteiger partial charge in [0.2, 0.25) is 11.8 Å². The molecule has 0 bridgehead atoms. The first-order valence-corrected chi connectivity index (χ1v) is 12.3. The van der Waals surface area contributed by atoms with Crippen LogP contribution in [-0.2, 0) is 16.0 Å². The highest BCUT2D eigenvalue weighted by Gasteiger charge is 2.29. The Labute approximate surface area is 207 Å². The number of fused-ring (bicyclic) bond motifs is 1. The smallest absolute Gasteiger partial charge is 0.339 e. The number of carbonyl (C=O) groups is 2. The molecule has 1 aliphatic heterocycles. The third kappa shape index (κ3) is 6.84. The second-order valence-electron chi connectivity index (χ2n) is 10.6. The standard InChI is InChI=1S/C27H39N3O5/c1-18-21-8-7-20(34-6)15-23(21)35-26(33)22(18)9-10-24(31)30-13-11-19(12-14-30)25(32)28-16-27(2,3)17-29(4)5/h7-8,15,19H,9-14,16-17H2,1-6H3,(H,28,32). The number of rotatable bonds is 9. The highest BCUT2D eigenvalue weighted by Crippen LogP contribution is 2.25. The Morgan fingerprint density at radius 1 is 1.23 bits per heavy atom. The SMILES string of the molecule is COc1ccc2c(C)c(CCC(=O)N3CCC(C(=O)NCC(C)(C)CN(C)C)CC3)c(=O)oc2c1. The molecule has 0 radical (unpaired) electrons. The molecule has 1 N–H and O–H groups in total. The van der Waals surface area contributed by atoms with Gasteiger partial charge in [-0.2, -0.15) is 0 Å². The molecule has 0 unspecified atom stereocenters. The van der Waals surface area contributed by atoms with E-state index in [0.717, 1.165) is 17.5 Å². The Morgan fingerprint density at radius 3 is 2.54 bits per heavy atom. The zero-order valence-corrected chi connectivity index (χ0v) is 21.9. The number of nitrogens with one attached hydrogen (secondary N) is 1. The minimum atomic E-state index is -0.413. The topological polar surface area (TPSA) is 92.1 Å². The van der Waals surface area contributed by atoms with Crippen molar-refractivity contribution in [3.8, 4) is 5.75 Å². The number of hydrogen-bond acceptors (Lipinski definition) is 6. The fourth-order valence-electron chi connectivity index (χ4n) is 4.95. The summed E-state index contributed by atoms with van der Waals surface area (Å²) in [6.45, 7) is 8.81. The van der Waals surface area contributed by atoms with E-state index in [2.05, 4.69) is 24.1 Å². The van der Waals surface area contributed by atoms with Crippen molar-refractivity contribution in [1.82, 2.24) is 15.1 Å². The number of amides is 2. The van der Waals surface area contributed by atoms with Crippen LogP contribution in [0.3, 0.4) is 0 Å². The molecule has 8 heteroatoms. The lowest BCUT2D eigenvalue weighted by Crippen LogP contribution is -2.46. The average Bonchev–Trinajstić information content (AvgIpc) is 2.81. The van der Waals surface area contributed by atoms with Gasteiger partial charge in [0.1, 0.15) is 11.3 Å². The van der Waals surface area contributed by atoms with Gasteiger partial charge >= 0.3 is 5.63 Å². The van der Waals surface area contributed by atoms with Crippen LogP contribution in [0.2, 0.25) is 0 Å². The van der Waals surface area contributed by atoms with E-state index < -0.39 is 5.63 Å². The number of ether oxygens (including phenoxy) is 1. The molecular weight excluding hydrogens is 446 g/mol. The lowest BCUT2D eigenvalue weighted by Gasteiger charge is -2.33. The lowest BCUT2D eigenvalue weighted by molar-refractivity contribution is -0.135. The van der Waals surface area contributed by atoms with Gasteiger partial charge in [0.25, 0.3) is 0 Å². The second-order valence-corrected chi connectivity index (χ2v) is 10.6. The third-order valence-corrected chi connectivity index (χ3v) is 6.79. The van der Waals surface area contributed by atoms with Gasteiger partial charge in [-0.05, 0) is 63.4 Å². The van der Waals surface area contributed by atoms with E-state index in [4.69, 9.17) is 9.15 Å². The first-order valence-electron chi connectivity index (χ1n) is 12.3. The Balaban J connectivity index is 1.52. The van der Waals surface area contributed by atoms with Gasteiger partial charge in [-0.3, -0.25) is 9.59 Å². The van der Waals surface area contributed by atoms with Crippen molar-refractivity contribution in [1.29, 1.82) is 0 Å². The van der Waals surface area contributed by atoms with Crippen molar-refractivity contribution in [2.24, 2.45) is 11.3 Å². The van der Waals surface area contributed by atoms with Crippen molar-refractivity contribution >= 4 is 22.8 Å². The van der Waals surface area contributed by atoms with Crippen molar-refractivity contribution in [2.45, 2.75) is 46.5 Å². The monoisotopic (exact) mass is 485 g/mol. The predicted octanol–water partition coefficient (Wildman–Crippen LogP) is 2.99. The van der Waals surface area contributed by atoms with Crippen LogP contribution in [0.1, 0.15) is 44.2 Å². The van der Waals surface area contributed by atoms with Crippen LogP contribution < -0.4 is 15.7 Å². The Kier molecular flexibility index (Phi) is 8.59. The van der Waals surface area contributed by atoms with E-state index in [9.17, 15) is 14.4 Å². The summed E-state index contributed by atoms with van der Waals surface area (Å²) in [6.07, 6.45) is 1.88. The number of aryl methyl sites for hydroxylation is 1. The van der Waals surface area contributed by atoms with Gasteiger partial charge in [0.15, 0.2) is 0 Å². The van der Waals surface area contributed by atoms with Crippen molar-refractivity contribution in [3.63, 3.8) is 0 Å². The van der Waals surface area contributed by atoms with Crippen LogP contribution in [0.5, 0.6) is 5.75 Å². The van der Waals surface area contributed by atoms with Gasteiger partial charge in [-0.15, -0.1) is 0 Å². The van der Waals surface area contributed by atoms with E-state index in [-0.39, 0.29) is 29.6 Å². The number of likely N-dealkylation sites (tertiary alicyclic amines) is 1. The number of nitrogens with zero attached hydrogens (tertiary/aromatic N) is 2. The molecule has 1 saturated heterocycles. The molecule has 2 amide bonds. The van der Waals surface area contributed by atoms with Gasteiger partial charge in [0.05, 0.1) is 7.11 Å². The molecule has 1 aromatic heterocycles. The van der Waals surface area contributed by atoms with Crippen LogP contribution in [-0.4, -0.2) is 69.0 Å². The number of piperidine rings is 1. The molecule has 8 nitrogen and oxygen atoms in total. The lowest BCUT2D eigenvalue weighted by atomic mass is 9.91. The summed E-state index contributed by atoms with van der Waals surface area (Å²) >= 11 is 0. The van der Waals surface area contributed by atoms with Gasteiger partial charge < -0.3 is 24.3 Å². The van der Waals surface area contributed by atoms with Crippen molar-refractivity contribution < 1.29 is 18.7 Å². The summed E-state index contributed by atoms with van der Waals surface area (Å²) in [5.74, 6) is 0.632. The second kappa shape index (κ2) is 11.2. The first-order chi connectivity index (χ1) is 16.5. The van der Waals surface area contributed by atoms with Crippen molar-refractivity contribution in [3.05, 3.63) is 39.7 Å². The Morgan fingerprint density at radius 2 is 1.91 bits per heavy atom. The molecule has 0 spiro atoms. The number of benzene rings is 1. The Bertz CT molecular complexity index is 1110. The Hall–Kier alpha value is -2.87. The maximum Gasteiger partial charge on any atom is 0.339 e. The largest absolute Gasteiger partial charge is 0.497 e. The first kappa shape index (κ1) is 26.7. The fourth-order valence-corrected chi connectivity index (χ4v) is 4.95. The molecular formula is C27H39N3O5. The van der Waals surface area contributed by atoms with E-state index in [1.165, 1.54) is 0 Å². The molecule has 1 fully saturated rings. The highest BCUT2D eigenvalue weighted by atomic mass is 16.5. The number of hydrogen-bond donors (Lipinski definition) is 1. The minimum absolute atomic E-state index is 0.00426. The average molecular weight is 486 g/mol. The third-order valence-electron chi connectivity index (χ3n) is 6.79. The summed E-state index contributed by atoms with van der Waals surface area (Å²) in [7, 11) is 5.62. The van der Waals surface area contributed by atoms with Crippen molar-refractivity contribution in [2.75, 3.05) is 47.4 Å². The molecule has 1 aromatic carbocycles. The number of methoxy groups -OCH3 is 1. The molecule has 3 rings (SSSR count). The zero-order chi connectivity index (χ0) is 25.8. The molecule has 192 valence electrons. The molecule has 2 heterocycles. The minimum Gasteiger partial charge on any atom is -0.497 e. The summed E-state index contributed by atoms with van der Waals surface area (Å²) in [6, 6.07) is 5.39. The van der Waals surface area contributed by atoms with E-state index in [1.807, 2.05) is 38.1 Å². The molecule has 0 aliphatic carbocycles. The van der Waals surface area contributed by atoms with Crippen LogP contribution >= 0.6 is 0 Å². The maximum atomic E-state index is 12.8. The van der Waals surface area contributed by atoms with Gasteiger partial charge in [-0.25, -0.2) is 4.79 Å². The van der Waals surface area contributed by atoms with Gasteiger partial charge in [-0.1, -0.05) is 13.8 Å². The summed E-state index contributed by atoms with van der Waals surface area (Å²) in [4.78, 5) is 42.0. The predicted molar refractivity (Wildman–Crippen MR) is 137 cm³/mol. The molecule has 2 aromatic rings. The van der Waals surface area contributed by atoms with E-state index >= 15 is 0 Å². The van der Waals surface area contributed by atoms with E-state index in [1.54, 1.807) is 13.2 Å². The van der Waals surface area contributed by atoms with Crippen LogP contribution in [0, 0.1) is 18.3 Å². The normalized spacial score (nSPS) is 15.0. The maximum absolute atomic E-state index is 12.8. The summed E-state index contributed by atoms with van der Waals surface area (Å²) in [5.41, 5.74) is 1.43. The quantitative estimate of drug-likeness (QED) is 0.549. The highest BCUT2D eigenvalue weighted by molar-refractivity contribution is 5.83. The summed E-state index contributed by atoms with van der Waals surface area (Å²) < 4.78 is 10.7. The molecule has 1 aliphatic rings. The van der Waals surface area contributed by atoms with Gasteiger partial charge in [0, 0.05) is 55.5 Å². The van der Waals surface area contributed by atoms with Crippen LogP contribution in [0.25, 0.3) is 11.0 Å². The molecule has 0 atom stereocenters. The number of carbonyl (C=O) groups excluding carboxylic acids is 2. The molecule has 0 saturated carbocycles. The summed E-state index contributed by atoms with van der Waals surface area (Å²) in [5, 5.41) is 3.94. The van der Waals surface area contributed by atoms with E-state index in [0.29, 0.717) is 55.8 Å². The van der Waals surface area contributed by atoms with Crippen LogP contribution in [0.15, 0.2) is 27.4 Å². The zero-order valence-electron chi connectivity index (χ0n) is 21.9.